The van der Waals surface area contributed by atoms with Crippen molar-refractivity contribution >= 4 is 0 Å². The summed E-state index contributed by atoms with van der Waals surface area (Å²) in [5.74, 6) is 0. The lowest BCUT2D eigenvalue weighted by Crippen LogP contribution is -2.21. The van der Waals surface area contributed by atoms with Gasteiger partial charge in [0.2, 0.25) is 0 Å². The van der Waals surface area contributed by atoms with Crippen LogP contribution in [-0.4, -0.2) is 30.7 Å². The lowest BCUT2D eigenvalue weighted by molar-refractivity contribution is 0.0692. The molecule has 0 saturated carbocycles. The maximum Gasteiger partial charge on any atom is 0.146 e. The fraction of sp³-hybridized carbons (Fsp3) is 0.652. The van der Waals surface area contributed by atoms with Gasteiger partial charge in [0.15, 0.2) is 0 Å². The van der Waals surface area contributed by atoms with Gasteiger partial charge in [-0.1, -0.05) is 50.1 Å². The normalized spacial score (nSPS) is 23.3. The molecule has 1 aliphatic carbocycles. The van der Waals surface area contributed by atoms with E-state index < -0.39 is 5.60 Å². The summed E-state index contributed by atoms with van der Waals surface area (Å²) in [5, 5.41) is 10.5. The minimum atomic E-state index is -0.897. The smallest absolute Gasteiger partial charge is 0.146 e. The molecule has 0 bridgehead atoms. The Bertz CT molecular complexity index is 536. The van der Waals surface area contributed by atoms with Crippen molar-refractivity contribution in [1.82, 2.24) is 0 Å². The number of ether oxygens (including phenoxy) is 2. The molecule has 2 rings (SSSR count). The summed E-state index contributed by atoms with van der Waals surface area (Å²) in [6.07, 6.45) is 14.7. The first-order valence-corrected chi connectivity index (χ1v) is 9.80. The van der Waals surface area contributed by atoms with Gasteiger partial charge in [-0.3, -0.25) is 0 Å². The van der Waals surface area contributed by atoms with Crippen LogP contribution in [0.4, 0.5) is 0 Å². The molecule has 0 aromatic rings. The van der Waals surface area contributed by atoms with Gasteiger partial charge in [-0.05, 0) is 69.6 Å². The highest BCUT2D eigenvalue weighted by Gasteiger charge is 2.27. The van der Waals surface area contributed by atoms with Gasteiger partial charge in [0.05, 0.1) is 18.8 Å². The van der Waals surface area contributed by atoms with Crippen molar-refractivity contribution < 1.29 is 14.6 Å². The van der Waals surface area contributed by atoms with E-state index in [0.717, 1.165) is 19.6 Å². The van der Waals surface area contributed by atoms with Crippen LogP contribution in [0.3, 0.4) is 0 Å². The standard InChI is InChI=1S/C20H32O.C3H6O2/c1-7-16(2)10-8-14-20(6,21)15-12-18-17(3)11-9-13-19(18,4)5;1-2-5-3-4-1/h8,10,12,14-15,21H,7,9,11,13H2,1-6H3;1-3H2. The van der Waals surface area contributed by atoms with Crippen molar-refractivity contribution in [2.45, 2.75) is 72.8 Å². The molecule has 0 aromatic heterocycles. The molecule has 148 valence electrons. The number of allylic oxidation sites excluding steroid dienone is 6. The largest absolute Gasteiger partial charge is 0.382 e. The van der Waals surface area contributed by atoms with E-state index >= 15 is 0 Å². The monoisotopic (exact) mass is 362 g/mol. The third-order valence-corrected chi connectivity index (χ3v) is 5.04. The first-order chi connectivity index (χ1) is 12.2. The van der Waals surface area contributed by atoms with Crippen LogP contribution >= 0.6 is 0 Å². The van der Waals surface area contributed by atoms with Gasteiger partial charge in [-0.15, -0.1) is 0 Å². The lowest BCUT2D eigenvalue weighted by atomic mass is 9.72. The van der Waals surface area contributed by atoms with Gasteiger partial charge in [-0.25, -0.2) is 0 Å². The first kappa shape index (κ1) is 22.9. The van der Waals surface area contributed by atoms with Crippen LogP contribution in [-0.2, 0) is 9.47 Å². The third kappa shape index (κ3) is 8.48. The minimum Gasteiger partial charge on any atom is -0.382 e. The summed E-state index contributed by atoms with van der Waals surface area (Å²) in [7, 11) is 0. The molecular weight excluding hydrogens is 324 g/mol. The van der Waals surface area contributed by atoms with Crippen LogP contribution < -0.4 is 0 Å². The maximum atomic E-state index is 10.5. The summed E-state index contributed by atoms with van der Waals surface area (Å²) in [5.41, 5.74) is 3.49. The van der Waals surface area contributed by atoms with E-state index in [2.05, 4.69) is 46.8 Å². The average Bonchev–Trinajstić information content (AvgIpc) is 3.13. The highest BCUT2D eigenvalue weighted by molar-refractivity contribution is 5.34. The second kappa shape index (κ2) is 10.9. The molecule has 26 heavy (non-hydrogen) atoms. The van der Waals surface area contributed by atoms with Crippen LogP contribution in [0.5, 0.6) is 0 Å². The molecule has 1 N–H and O–H groups in total. The van der Waals surface area contributed by atoms with E-state index in [1.54, 1.807) is 0 Å². The van der Waals surface area contributed by atoms with Crippen LogP contribution in [0.2, 0.25) is 0 Å². The van der Waals surface area contributed by atoms with E-state index in [1.165, 1.54) is 36.0 Å². The van der Waals surface area contributed by atoms with Gasteiger partial charge in [0, 0.05) is 0 Å². The molecule has 0 radical (unpaired) electrons. The van der Waals surface area contributed by atoms with Gasteiger partial charge in [-0.2, -0.15) is 0 Å². The molecule has 1 heterocycles. The highest BCUT2D eigenvalue weighted by atomic mass is 16.7. The number of rotatable bonds is 5. The second-order valence-electron chi connectivity index (χ2n) is 8.15. The van der Waals surface area contributed by atoms with Crippen LogP contribution in [0.1, 0.15) is 67.2 Å². The van der Waals surface area contributed by atoms with E-state index in [-0.39, 0.29) is 5.41 Å². The molecule has 3 heteroatoms. The maximum absolute atomic E-state index is 10.5. The number of aliphatic hydroxyl groups is 1. The Morgan fingerprint density at radius 3 is 2.38 bits per heavy atom. The Kier molecular flexibility index (Phi) is 9.56. The van der Waals surface area contributed by atoms with Crippen LogP contribution in [0, 0.1) is 5.41 Å². The predicted molar refractivity (Wildman–Crippen MR) is 110 cm³/mol. The quantitative estimate of drug-likeness (QED) is 0.635. The van der Waals surface area contributed by atoms with Gasteiger partial charge in [0.25, 0.3) is 0 Å². The molecule has 2 aliphatic rings. The summed E-state index contributed by atoms with van der Waals surface area (Å²) in [4.78, 5) is 0. The summed E-state index contributed by atoms with van der Waals surface area (Å²) in [6.45, 7) is 14.9. The summed E-state index contributed by atoms with van der Waals surface area (Å²) >= 11 is 0. The predicted octanol–water partition coefficient (Wildman–Crippen LogP) is 5.72. The Balaban J connectivity index is 0.000000577. The molecule has 0 aromatic carbocycles. The van der Waals surface area contributed by atoms with E-state index in [1.807, 2.05) is 25.2 Å². The van der Waals surface area contributed by atoms with Crippen molar-refractivity contribution in [3.8, 4) is 0 Å². The van der Waals surface area contributed by atoms with E-state index in [0.29, 0.717) is 6.79 Å². The zero-order chi connectivity index (χ0) is 19.6. The lowest BCUT2D eigenvalue weighted by Gasteiger charge is -2.33. The zero-order valence-electron chi connectivity index (χ0n) is 17.6. The van der Waals surface area contributed by atoms with Crippen LogP contribution in [0.15, 0.2) is 47.1 Å². The average molecular weight is 363 g/mol. The molecule has 1 saturated heterocycles. The molecule has 1 aliphatic heterocycles. The highest BCUT2D eigenvalue weighted by Crippen LogP contribution is 2.40. The SMILES string of the molecule is C1COCO1.CCC(C)=CC=CC(C)(O)C=CC1=C(C)CCCC1(C)C. The molecule has 1 unspecified atom stereocenters. The molecule has 3 nitrogen and oxygen atoms in total. The van der Waals surface area contributed by atoms with Crippen molar-refractivity contribution in [3.05, 3.63) is 47.1 Å². The first-order valence-electron chi connectivity index (χ1n) is 9.80. The van der Waals surface area contributed by atoms with Gasteiger partial charge >= 0.3 is 0 Å². The molecule has 0 amide bonds. The molecular formula is C23H38O3. The van der Waals surface area contributed by atoms with Crippen molar-refractivity contribution in [2.24, 2.45) is 5.41 Å². The van der Waals surface area contributed by atoms with Crippen molar-refractivity contribution in [2.75, 3.05) is 20.0 Å². The summed E-state index contributed by atoms with van der Waals surface area (Å²) < 4.78 is 9.44. The van der Waals surface area contributed by atoms with E-state index in [4.69, 9.17) is 9.47 Å². The topological polar surface area (TPSA) is 38.7 Å². The van der Waals surface area contributed by atoms with Crippen molar-refractivity contribution in [1.29, 1.82) is 0 Å². The Labute approximate surface area is 160 Å². The molecule has 1 fully saturated rings. The molecule has 1 atom stereocenters. The second-order valence-corrected chi connectivity index (χ2v) is 8.15. The molecule has 0 spiro atoms. The van der Waals surface area contributed by atoms with E-state index in [9.17, 15) is 5.11 Å². The Morgan fingerprint density at radius 1 is 1.23 bits per heavy atom. The third-order valence-electron chi connectivity index (χ3n) is 5.04. The fourth-order valence-electron chi connectivity index (χ4n) is 3.14. The Morgan fingerprint density at radius 2 is 1.88 bits per heavy atom. The fourth-order valence-corrected chi connectivity index (χ4v) is 3.14. The van der Waals surface area contributed by atoms with Gasteiger partial charge < -0.3 is 14.6 Å². The van der Waals surface area contributed by atoms with Gasteiger partial charge in [0.1, 0.15) is 6.79 Å². The Hall–Kier alpha value is -1.16. The number of hydrogen-bond acceptors (Lipinski definition) is 3. The van der Waals surface area contributed by atoms with Crippen molar-refractivity contribution in [3.63, 3.8) is 0 Å². The number of hydrogen-bond donors (Lipinski definition) is 1. The summed E-state index contributed by atoms with van der Waals surface area (Å²) in [6, 6.07) is 0. The zero-order valence-corrected chi connectivity index (χ0v) is 17.6. The minimum absolute atomic E-state index is 0.220. The van der Waals surface area contributed by atoms with Crippen LogP contribution in [0.25, 0.3) is 0 Å².